The van der Waals surface area contributed by atoms with Crippen LogP contribution in [-0.2, 0) is 0 Å². The van der Waals surface area contributed by atoms with Gasteiger partial charge in [-0.1, -0.05) is 0 Å². The zero-order chi connectivity index (χ0) is 14.3. The lowest BCUT2D eigenvalue weighted by atomic mass is 10.1. The molecule has 0 saturated heterocycles. The summed E-state index contributed by atoms with van der Waals surface area (Å²) < 4.78 is 12.9. The topological polar surface area (TPSA) is 48.4 Å². The van der Waals surface area contributed by atoms with Crippen LogP contribution in [0.2, 0.25) is 0 Å². The first-order valence-electron chi connectivity index (χ1n) is 6.72. The van der Waals surface area contributed by atoms with E-state index in [1.54, 1.807) is 6.07 Å². The Morgan fingerprint density at radius 2 is 2.11 bits per heavy atom. The van der Waals surface area contributed by atoms with Crippen molar-refractivity contribution in [1.82, 2.24) is 15.2 Å². The van der Waals surface area contributed by atoms with Gasteiger partial charge in [-0.2, -0.15) is 0 Å². The predicted octanol–water partition coefficient (Wildman–Crippen LogP) is 1.57. The van der Waals surface area contributed by atoms with Crippen molar-refractivity contribution in [3.63, 3.8) is 0 Å². The zero-order valence-electron chi connectivity index (χ0n) is 11.9. The van der Waals surface area contributed by atoms with Crippen LogP contribution >= 0.6 is 0 Å². The normalized spacial score (nSPS) is 13.2. The van der Waals surface area contributed by atoms with Crippen molar-refractivity contribution < 1.29 is 9.50 Å². The van der Waals surface area contributed by atoms with Crippen molar-refractivity contribution >= 4 is 0 Å². The van der Waals surface area contributed by atoms with E-state index >= 15 is 0 Å². The molecule has 0 aromatic carbocycles. The largest absolute Gasteiger partial charge is 0.395 e. The van der Waals surface area contributed by atoms with Crippen LogP contribution in [0, 0.1) is 5.82 Å². The highest BCUT2D eigenvalue weighted by atomic mass is 19.1. The van der Waals surface area contributed by atoms with E-state index in [0.29, 0.717) is 12.6 Å². The summed E-state index contributed by atoms with van der Waals surface area (Å²) in [4.78, 5) is 6.33. The van der Waals surface area contributed by atoms with Crippen LogP contribution in [0.15, 0.2) is 18.3 Å². The molecular formula is C14H24FN3O. The quantitative estimate of drug-likeness (QED) is 0.752. The van der Waals surface area contributed by atoms with Crippen molar-refractivity contribution in [3.8, 4) is 0 Å². The molecule has 0 saturated carbocycles. The van der Waals surface area contributed by atoms with Gasteiger partial charge in [0.2, 0.25) is 0 Å². The molecule has 19 heavy (non-hydrogen) atoms. The minimum Gasteiger partial charge on any atom is -0.395 e. The molecule has 1 aromatic heterocycles. The molecule has 4 nitrogen and oxygen atoms in total. The highest BCUT2D eigenvalue weighted by molar-refractivity contribution is 5.09. The standard InChI is InChI=1S/C14H24FN3O/c1-11(2)18(8-9-19)7-6-13(16-3)14-5-4-12(15)10-17-14/h4-5,10-11,13,16,19H,6-9H2,1-3H3. The summed E-state index contributed by atoms with van der Waals surface area (Å²) in [6.45, 7) is 5.92. The Kier molecular flexibility index (Phi) is 6.91. The van der Waals surface area contributed by atoms with E-state index in [9.17, 15) is 4.39 Å². The number of aromatic nitrogens is 1. The van der Waals surface area contributed by atoms with Gasteiger partial charge in [0.15, 0.2) is 0 Å². The molecule has 1 aromatic rings. The summed E-state index contributed by atoms with van der Waals surface area (Å²) in [5, 5.41) is 12.2. The molecule has 0 fully saturated rings. The summed E-state index contributed by atoms with van der Waals surface area (Å²) in [7, 11) is 1.88. The van der Waals surface area contributed by atoms with Gasteiger partial charge in [0.25, 0.3) is 0 Å². The molecule has 0 aliphatic carbocycles. The molecule has 1 heterocycles. The molecule has 0 amide bonds. The molecule has 108 valence electrons. The molecule has 1 rings (SSSR count). The Bertz CT molecular complexity index is 356. The van der Waals surface area contributed by atoms with Crippen LogP contribution < -0.4 is 5.32 Å². The maximum atomic E-state index is 12.9. The van der Waals surface area contributed by atoms with Crippen molar-refractivity contribution in [2.45, 2.75) is 32.4 Å². The van der Waals surface area contributed by atoms with Crippen molar-refractivity contribution in [2.24, 2.45) is 0 Å². The number of aliphatic hydroxyl groups is 1. The number of halogens is 1. The summed E-state index contributed by atoms with van der Waals surface area (Å²) in [6, 6.07) is 3.63. The number of hydrogen-bond acceptors (Lipinski definition) is 4. The van der Waals surface area contributed by atoms with E-state index in [1.807, 2.05) is 7.05 Å². The third-order valence-corrected chi connectivity index (χ3v) is 3.28. The van der Waals surface area contributed by atoms with Gasteiger partial charge >= 0.3 is 0 Å². The van der Waals surface area contributed by atoms with Crippen LogP contribution in [0.4, 0.5) is 4.39 Å². The van der Waals surface area contributed by atoms with E-state index in [0.717, 1.165) is 18.7 Å². The predicted molar refractivity (Wildman–Crippen MR) is 74.4 cm³/mol. The second-order valence-corrected chi connectivity index (χ2v) is 4.88. The van der Waals surface area contributed by atoms with Gasteiger partial charge in [-0.25, -0.2) is 4.39 Å². The van der Waals surface area contributed by atoms with Crippen LogP contribution in [-0.4, -0.2) is 47.8 Å². The first kappa shape index (κ1) is 16.0. The number of nitrogens with zero attached hydrogens (tertiary/aromatic N) is 2. The molecule has 0 aliphatic heterocycles. The van der Waals surface area contributed by atoms with Gasteiger partial charge in [-0.3, -0.25) is 9.88 Å². The highest BCUT2D eigenvalue weighted by Crippen LogP contribution is 2.15. The lowest BCUT2D eigenvalue weighted by Gasteiger charge is -2.27. The number of pyridine rings is 1. The Morgan fingerprint density at radius 1 is 1.37 bits per heavy atom. The fourth-order valence-corrected chi connectivity index (χ4v) is 2.09. The lowest BCUT2D eigenvalue weighted by Crippen LogP contribution is -2.36. The Morgan fingerprint density at radius 3 is 2.58 bits per heavy atom. The Labute approximate surface area is 114 Å². The van der Waals surface area contributed by atoms with Gasteiger partial charge in [0.05, 0.1) is 24.5 Å². The van der Waals surface area contributed by atoms with Gasteiger partial charge in [0, 0.05) is 19.1 Å². The summed E-state index contributed by atoms with van der Waals surface area (Å²) in [6.07, 6.45) is 2.11. The van der Waals surface area contributed by atoms with E-state index in [-0.39, 0.29) is 18.5 Å². The Hall–Kier alpha value is -1.04. The molecule has 2 N–H and O–H groups in total. The van der Waals surface area contributed by atoms with E-state index in [2.05, 4.69) is 29.0 Å². The highest BCUT2D eigenvalue weighted by Gasteiger charge is 2.14. The SMILES string of the molecule is CNC(CCN(CCO)C(C)C)c1ccc(F)cn1. The van der Waals surface area contributed by atoms with Crippen LogP contribution in [0.1, 0.15) is 32.0 Å². The molecule has 1 atom stereocenters. The van der Waals surface area contributed by atoms with Crippen LogP contribution in [0.25, 0.3) is 0 Å². The summed E-state index contributed by atoms with van der Waals surface area (Å²) in [5.74, 6) is -0.317. The van der Waals surface area contributed by atoms with Crippen molar-refractivity contribution in [1.29, 1.82) is 0 Å². The minimum atomic E-state index is -0.317. The molecule has 0 radical (unpaired) electrons. The second-order valence-electron chi connectivity index (χ2n) is 4.88. The van der Waals surface area contributed by atoms with Gasteiger partial charge in [-0.05, 0) is 39.4 Å². The maximum Gasteiger partial charge on any atom is 0.141 e. The number of aliphatic hydroxyl groups excluding tert-OH is 1. The third-order valence-electron chi connectivity index (χ3n) is 3.28. The van der Waals surface area contributed by atoms with E-state index in [4.69, 9.17) is 5.11 Å². The van der Waals surface area contributed by atoms with Gasteiger partial charge in [-0.15, -0.1) is 0 Å². The van der Waals surface area contributed by atoms with Crippen molar-refractivity contribution in [2.75, 3.05) is 26.7 Å². The fourth-order valence-electron chi connectivity index (χ4n) is 2.09. The van der Waals surface area contributed by atoms with E-state index < -0.39 is 0 Å². The lowest BCUT2D eigenvalue weighted by molar-refractivity contribution is 0.160. The average molecular weight is 269 g/mol. The first-order chi connectivity index (χ1) is 9.08. The summed E-state index contributed by atoms with van der Waals surface area (Å²) >= 11 is 0. The van der Waals surface area contributed by atoms with Gasteiger partial charge < -0.3 is 10.4 Å². The molecule has 5 heteroatoms. The smallest absolute Gasteiger partial charge is 0.141 e. The molecule has 0 spiro atoms. The minimum absolute atomic E-state index is 0.0977. The molecule has 1 unspecified atom stereocenters. The van der Waals surface area contributed by atoms with E-state index in [1.165, 1.54) is 12.3 Å². The Balaban J connectivity index is 2.59. The monoisotopic (exact) mass is 269 g/mol. The fraction of sp³-hybridized carbons (Fsp3) is 0.643. The molecule has 0 bridgehead atoms. The van der Waals surface area contributed by atoms with Crippen LogP contribution in [0.3, 0.4) is 0 Å². The second kappa shape index (κ2) is 8.19. The number of rotatable bonds is 8. The number of nitrogens with one attached hydrogen (secondary N) is 1. The number of hydrogen-bond donors (Lipinski definition) is 2. The van der Waals surface area contributed by atoms with Crippen LogP contribution in [0.5, 0.6) is 0 Å². The van der Waals surface area contributed by atoms with Gasteiger partial charge in [0.1, 0.15) is 5.82 Å². The maximum absolute atomic E-state index is 12.9. The molecular weight excluding hydrogens is 245 g/mol. The summed E-state index contributed by atoms with van der Waals surface area (Å²) in [5.41, 5.74) is 0.844. The average Bonchev–Trinajstić information content (AvgIpc) is 2.39. The van der Waals surface area contributed by atoms with Crippen molar-refractivity contribution in [3.05, 3.63) is 29.8 Å². The zero-order valence-corrected chi connectivity index (χ0v) is 11.9. The first-order valence-corrected chi connectivity index (χ1v) is 6.72. The molecule has 0 aliphatic rings. The third kappa shape index (κ3) is 5.22.